The number of benzene rings is 2. The van der Waals surface area contributed by atoms with Gasteiger partial charge >= 0.3 is 6.09 Å². The van der Waals surface area contributed by atoms with Crippen LogP contribution in [0.1, 0.15) is 0 Å². The molecule has 0 aliphatic rings. The zero-order chi connectivity index (χ0) is 16.2. The topological polar surface area (TPSA) is 64.1 Å². The van der Waals surface area contributed by atoms with E-state index in [4.69, 9.17) is 27.9 Å². The van der Waals surface area contributed by atoms with Crippen molar-refractivity contribution in [3.63, 3.8) is 0 Å². The van der Waals surface area contributed by atoms with E-state index in [1.54, 1.807) is 41.8 Å². The summed E-state index contributed by atoms with van der Waals surface area (Å²) < 4.78 is 9.17. The third kappa shape index (κ3) is 3.79. The van der Waals surface area contributed by atoms with Gasteiger partial charge in [-0.2, -0.15) is 0 Å². The quantitative estimate of drug-likeness (QED) is 0.699. The number of hydrogen-bond donors (Lipinski definition) is 1. The Morgan fingerprint density at radius 2 is 1.96 bits per heavy atom. The molecular formula is C15H9Cl2N3O2S. The van der Waals surface area contributed by atoms with Crippen molar-refractivity contribution in [3.8, 4) is 17.0 Å². The Bertz CT molecular complexity index is 840. The molecule has 116 valence electrons. The molecule has 0 fully saturated rings. The van der Waals surface area contributed by atoms with Gasteiger partial charge in [0.25, 0.3) is 0 Å². The second-order valence-electron chi connectivity index (χ2n) is 4.43. The molecular weight excluding hydrogens is 357 g/mol. The molecule has 8 heteroatoms. The fourth-order valence-corrected chi connectivity index (χ4v) is 2.62. The summed E-state index contributed by atoms with van der Waals surface area (Å²) in [7, 11) is 0. The number of hydrogen-bond acceptors (Lipinski definition) is 5. The first kappa shape index (κ1) is 15.7. The molecule has 0 aliphatic heterocycles. The number of nitrogens with one attached hydrogen (secondary N) is 1. The van der Waals surface area contributed by atoms with Crippen LogP contribution in [0.4, 0.5) is 10.5 Å². The summed E-state index contributed by atoms with van der Waals surface area (Å²) in [6.07, 6.45) is -0.640. The number of para-hydroxylation sites is 1. The number of aromatic nitrogens is 2. The lowest BCUT2D eigenvalue weighted by Gasteiger charge is -2.10. The molecule has 0 saturated carbocycles. The van der Waals surface area contributed by atoms with Crippen LogP contribution in [0.2, 0.25) is 10.0 Å². The van der Waals surface area contributed by atoms with Crippen LogP contribution in [-0.4, -0.2) is 15.7 Å². The number of amides is 1. The third-order valence-corrected chi connectivity index (χ3v) is 4.14. The summed E-state index contributed by atoms with van der Waals surface area (Å²) in [4.78, 5) is 12.1. The molecule has 3 rings (SSSR count). The van der Waals surface area contributed by atoms with Crippen LogP contribution in [0.25, 0.3) is 11.3 Å². The predicted molar refractivity (Wildman–Crippen MR) is 91.5 cm³/mol. The molecule has 0 atom stereocenters. The van der Waals surface area contributed by atoms with Gasteiger partial charge in [0, 0.05) is 16.6 Å². The van der Waals surface area contributed by atoms with Gasteiger partial charge in [0.2, 0.25) is 0 Å². The predicted octanol–water partition coefficient (Wildman–Crippen LogP) is 5.12. The van der Waals surface area contributed by atoms with Crippen molar-refractivity contribution in [3.05, 3.63) is 57.9 Å². The van der Waals surface area contributed by atoms with Crippen molar-refractivity contribution in [2.24, 2.45) is 0 Å². The van der Waals surface area contributed by atoms with Gasteiger partial charge < -0.3 is 4.74 Å². The lowest BCUT2D eigenvalue weighted by atomic mass is 10.1. The van der Waals surface area contributed by atoms with Crippen molar-refractivity contribution >= 4 is 46.5 Å². The minimum atomic E-state index is -0.640. The third-order valence-electron chi connectivity index (χ3n) is 2.89. The number of halogens is 2. The molecule has 23 heavy (non-hydrogen) atoms. The minimum Gasteiger partial charge on any atom is -0.409 e. The number of carbonyl (C=O) groups is 1. The van der Waals surface area contributed by atoms with Crippen LogP contribution in [0.5, 0.6) is 5.75 Å². The van der Waals surface area contributed by atoms with E-state index in [9.17, 15) is 4.79 Å². The first-order chi connectivity index (χ1) is 11.1. The van der Waals surface area contributed by atoms with Crippen molar-refractivity contribution in [1.29, 1.82) is 0 Å². The molecule has 0 saturated heterocycles. The highest BCUT2D eigenvalue weighted by atomic mass is 35.5. The summed E-state index contributed by atoms with van der Waals surface area (Å²) in [5, 5.41) is 9.11. The van der Waals surface area contributed by atoms with Crippen LogP contribution in [0.15, 0.2) is 47.8 Å². The Labute approximate surface area is 146 Å². The van der Waals surface area contributed by atoms with Crippen molar-refractivity contribution in [2.75, 3.05) is 5.32 Å². The molecule has 0 bridgehead atoms. The fraction of sp³-hybridized carbons (Fsp3) is 0. The van der Waals surface area contributed by atoms with Gasteiger partial charge in [0.05, 0.1) is 10.0 Å². The Morgan fingerprint density at radius 1 is 1.13 bits per heavy atom. The van der Waals surface area contributed by atoms with E-state index >= 15 is 0 Å². The second-order valence-corrected chi connectivity index (χ2v) is 5.85. The average Bonchev–Trinajstić information content (AvgIpc) is 3.06. The highest BCUT2D eigenvalue weighted by Crippen LogP contribution is 2.29. The molecule has 0 unspecified atom stereocenters. The van der Waals surface area contributed by atoms with Crippen LogP contribution < -0.4 is 10.1 Å². The first-order valence-electron chi connectivity index (χ1n) is 6.44. The van der Waals surface area contributed by atoms with Gasteiger partial charge in [0.1, 0.15) is 11.4 Å². The van der Waals surface area contributed by atoms with Gasteiger partial charge in [-0.25, -0.2) is 4.79 Å². The molecule has 5 nitrogen and oxygen atoms in total. The van der Waals surface area contributed by atoms with E-state index in [1.807, 2.05) is 6.07 Å². The van der Waals surface area contributed by atoms with E-state index in [2.05, 4.69) is 14.9 Å². The summed E-state index contributed by atoms with van der Waals surface area (Å²) in [6, 6.07) is 11.9. The van der Waals surface area contributed by atoms with E-state index in [0.717, 1.165) is 0 Å². The summed E-state index contributed by atoms with van der Waals surface area (Å²) in [5.74, 6) is 0.387. The Kier molecular flexibility index (Phi) is 4.76. The highest BCUT2D eigenvalue weighted by molar-refractivity contribution is 7.03. The number of carbonyl (C=O) groups excluding carboxylic acids is 1. The van der Waals surface area contributed by atoms with Crippen molar-refractivity contribution in [1.82, 2.24) is 9.59 Å². The van der Waals surface area contributed by atoms with Crippen LogP contribution in [-0.2, 0) is 0 Å². The summed E-state index contributed by atoms with van der Waals surface area (Å²) >= 11 is 13.0. The molecule has 1 amide bonds. The monoisotopic (exact) mass is 365 g/mol. The molecule has 0 radical (unpaired) electrons. The highest BCUT2D eigenvalue weighted by Gasteiger charge is 2.13. The lowest BCUT2D eigenvalue weighted by molar-refractivity contribution is 0.215. The summed E-state index contributed by atoms with van der Waals surface area (Å²) in [5.41, 5.74) is 1.82. The zero-order valence-corrected chi connectivity index (χ0v) is 13.8. The number of rotatable bonds is 3. The maximum atomic E-state index is 12.1. The van der Waals surface area contributed by atoms with Crippen molar-refractivity contribution in [2.45, 2.75) is 0 Å². The average molecular weight is 366 g/mol. The van der Waals surface area contributed by atoms with Gasteiger partial charge in [0.15, 0.2) is 0 Å². The van der Waals surface area contributed by atoms with Gasteiger partial charge in [-0.05, 0) is 41.9 Å². The summed E-state index contributed by atoms with van der Waals surface area (Å²) in [6.45, 7) is 0. The van der Waals surface area contributed by atoms with Gasteiger partial charge in [-0.15, -0.1) is 5.10 Å². The Morgan fingerprint density at radius 3 is 2.70 bits per heavy atom. The molecule has 0 spiro atoms. The molecule has 1 aromatic heterocycles. The zero-order valence-electron chi connectivity index (χ0n) is 11.5. The van der Waals surface area contributed by atoms with Crippen LogP contribution in [0.3, 0.4) is 0 Å². The smallest absolute Gasteiger partial charge is 0.409 e. The van der Waals surface area contributed by atoms with E-state index in [-0.39, 0.29) is 0 Å². The maximum absolute atomic E-state index is 12.1. The lowest BCUT2D eigenvalue weighted by Crippen LogP contribution is -2.17. The molecule has 2 aromatic carbocycles. The van der Waals surface area contributed by atoms with E-state index < -0.39 is 6.09 Å². The van der Waals surface area contributed by atoms with E-state index in [1.165, 1.54) is 11.5 Å². The Hall–Kier alpha value is -2.15. The van der Waals surface area contributed by atoms with Crippen LogP contribution >= 0.6 is 34.7 Å². The normalized spacial score (nSPS) is 10.3. The number of nitrogens with zero attached hydrogens (tertiary/aromatic N) is 2. The van der Waals surface area contributed by atoms with E-state index in [0.29, 0.717) is 32.7 Å². The minimum absolute atomic E-state index is 0.346. The Balaban J connectivity index is 1.77. The number of anilines is 1. The van der Waals surface area contributed by atoms with Crippen LogP contribution in [0, 0.1) is 0 Å². The first-order valence-corrected chi connectivity index (χ1v) is 8.03. The standard InChI is InChI=1S/C15H9Cl2N3O2S/c16-11-6-5-9(7-12(11)17)18-15(21)22-14-4-2-1-3-10(14)13-8-23-20-19-13/h1-8H,(H,18,21). The molecule has 1 heterocycles. The van der Waals surface area contributed by atoms with Gasteiger partial charge in [-0.1, -0.05) is 39.8 Å². The van der Waals surface area contributed by atoms with Gasteiger partial charge in [-0.3, -0.25) is 5.32 Å². The maximum Gasteiger partial charge on any atom is 0.417 e. The SMILES string of the molecule is O=C(Nc1ccc(Cl)c(Cl)c1)Oc1ccccc1-c1csnn1. The second kappa shape index (κ2) is 6.95. The molecule has 1 N–H and O–H groups in total. The fourth-order valence-electron chi connectivity index (χ4n) is 1.87. The molecule has 3 aromatic rings. The molecule has 0 aliphatic carbocycles. The number of ether oxygens (including phenoxy) is 1. The van der Waals surface area contributed by atoms with Crippen molar-refractivity contribution < 1.29 is 9.53 Å². The largest absolute Gasteiger partial charge is 0.417 e.